The van der Waals surface area contributed by atoms with Gasteiger partial charge in [-0.3, -0.25) is 4.79 Å². The van der Waals surface area contributed by atoms with Crippen LogP contribution in [-0.2, 0) is 22.1 Å². The van der Waals surface area contributed by atoms with Crippen molar-refractivity contribution in [3.63, 3.8) is 0 Å². The van der Waals surface area contributed by atoms with Gasteiger partial charge in [0.15, 0.2) is 0 Å². The number of ether oxygens (including phenoxy) is 1. The molecule has 1 N–H and O–H groups in total. The molecule has 0 aliphatic carbocycles. The average Bonchev–Trinajstić information content (AvgIpc) is 3.04. The molecule has 2 heterocycles. The van der Waals surface area contributed by atoms with Crippen LogP contribution in [-0.4, -0.2) is 30.0 Å². The molecule has 1 saturated heterocycles. The van der Waals surface area contributed by atoms with Crippen molar-refractivity contribution in [3.05, 3.63) is 69.1 Å². The van der Waals surface area contributed by atoms with E-state index in [1.54, 1.807) is 48.9 Å². The molecule has 0 spiro atoms. The van der Waals surface area contributed by atoms with E-state index in [4.69, 9.17) is 27.9 Å². The molecule has 0 radical (unpaired) electrons. The molecule has 1 fully saturated rings. The maximum atomic E-state index is 14.9. The third-order valence-electron chi connectivity index (χ3n) is 5.63. The minimum absolute atomic E-state index is 0.148. The highest BCUT2D eigenvalue weighted by molar-refractivity contribution is 6.45. The zero-order chi connectivity index (χ0) is 21.6. The third kappa shape index (κ3) is 3.29. The number of fused-ring (bicyclic) bond motifs is 1. The van der Waals surface area contributed by atoms with E-state index in [-0.39, 0.29) is 19.1 Å². The minimum Gasteiger partial charge on any atom is -0.376 e. The number of carbonyl (C=O) groups is 2. The first-order chi connectivity index (χ1) is 14.3. The highest BCUT2D eigenvalue weighted by atomic mass is 35.5. The highest BCUT2D eigenvalue weighted by Crippen LogP contribution is 2.35. The molecule has 1 atom stereocenters. The number of halogens is 3. The Morgan fingerprint density at radius 2 is 2.00 bits per heavy atom. The maximum absolute atomic E-state index is 14.9. The van der Waals surface area contributed by atoms with E-state index in [9.17, 15) is 14.0 Å². The van der Waals surface area contributed by atoms with Crippen molar-refractivity contribution in [2.45, 2.75) is 18.4 Å². The van der Waals surface area contributed by atoms with Gasteiger partial charge in [-0.05, 0) is 29.8 Å². The van der Waals surface area contributed by atoms with Gasteiger partial charge in [-0.15, -0.1) is 0 Å². The Balaban J connectivity index is 1.68. The van der Waals surface area contributed by atoms with Crippen LogP contribution >= 0.6 is 23.2 Å². The van der Waals surface area contributed by atoms with Crippen LogP contribution in [0.1, 0.15) is 34.5 Å². The number of rotatable bonds is 5. The molecule has 1 aromatic heterocycles. The van der Waals surface area contributed by atoms with Crippen LogP contribution in [0.3, 0.4) is 0 Å². The number of hydrogen-bond donors (Lipinski definition) is 1. The number of benzene rings is 2. The van der Waals surface area contributed by atoms with Crippen LogP contribution in [0.4, 0.5) is 4.39 Å². The molecule has 8 heteroatoms. The molecule has 156 valence electrons. The summed E-state index contributed by atoms with van der Waals surface area (Å²) in [6.07, 6.45) is 0.760. The molecule has 0 bridgehead atoms. The molecule has 0 saturated carbocycles. The van der Waals surface area contributed by atoms with Crippen molar-refractivity contribution < 1.29 is 18.7 Å². The fourth-order valence-electron chi connectivity index (χ4n) is 3.73. The molecule has 2 aromatic carbocycles. The number of nitrogens with one attached hydrogen (secondary N) is 1. The van der Waals surface area contributed by atoms with Crippen molar-refractivity contribution >= 4 is 46.3 Å². The van der Waals surface area contributed by atoms with E-state index in [1.165, 1.54) is 6.07 Å². The van der Waals surface area contributed by atoms with Gasteiger partial charge in [0.25, 0.3) is 5.91 Å². The molecule has 1 aliphatic heterocycles. The van der Waals surface area contributed by atoms with Crippen molar-refractivity contribution in [1.29, 1.82) is 0 Å². The summed E-state index contributed by atoms with van der Waals surface area (Å²) in [6.45, 7) is 1.99. The predicted molar refractivity (Wildman–Crippen MR) is 114 cm³/mol. The second-order valence-electron chi connectivity index (χ2n) is 7.58. The van der Waals surface area contributed by atoms with Gasteiger partial charge in [-0.25, -0.2) is 4.39 Å². The molecular weight excluding hydrogens is 430 g/mol. The second kappa shape index (κ2) is 7.69. The fourth-order valence-corrected chi connectivity index (χ4v) is 4.11. The van der Waals surface area contributed by atoms with E-state index in [1.807, 2.05) is 0 Å². The summed E-state index contributed by atoms with van der Waals surface area (Å²) < 4.78 is 21.9. The van der Waals surface area contributed by atoms with E-state index in [0.717, 1.165) is 11.8 Å². The maximum Gasteiger partial charge on any atom is 0.268 e. The topological polar surface area (TPSA) is 60.3 Å². The van der Waals surface area contributed by atoms with Gasteiger partial charge in [0.2, 0.25) is 0 Å². The van der Waals surface area contributed by atoms with Crippen molar-refractivity contribution in [2.24, 2.45) is 7.05 Å². The summed E-state index contributed by atoms with van der Waals surface area (Å²) in [5.41, 5.74) is 1.04. The Hall–Kier alpha value is -2.41. The summed E-state index contributed by atoms with van der Waals surface area (Å²) in [4.78, 5) is 24.1. The summed E-state index contributed by atoms with van der Waals surface area (Å²) in [5.74, 6) is -1.28. The van der Waals surface area contributed by atoms with Crippen LogP contribution in [0.2, 0.25) is 10.0 Å². The van der Waals surface area contributed by atoms with Crippen molar-refractivity contribution in [1.82, 2.24) is 9.88 Å². The lowest BCUT2D eigenvalue weighted by Gasteiger charge is -2.42. The molecule has 4 rings (SSSR count). The highest BCUT2D eigenvalue weighted by Gasteiger charge is 2.44. The summed E-state index contributed by atoms with van der Waals surface area (Å²) in [7, 11) is 1.75. The molecule has 3 aromatic rings. The number of nitrogens with zero attached hydrogens (tertiary/aromatic N) is 1. The quantitative estimate of drug-likeness (QED) is 0.580. The van der Waals surface area contributed by atoms with Gasteiger partial charge >= 0.3 is 0 Å². The SMILES string of the molecule is CC(C=O)c1ccc(C2(NC(=O)c3cc4c(Cl)c(Cl)ccc4n3C)COC2)c(F)c1. The Morgan fingerprint density at radius 1 is 1.27 bits per heavy atom. The molecule has 1 aliphatic rings. The summed E-state index contributed by atoms with van der Waals surface area (Å²) in [6, 6.07) is 9.76. The normalized spacial score (nSPS) is 16.2. The number of hydrogen-bond acceptors (Lipinski definition) is 3. The van der Waals surface area contributed by atoms with Crippen LogP contribution in [0.15, 0.2) is 36.4 Å². The molecule has 5 nitrogen and oxygen atoms in total. The first kappa shape index (κ1) is 20.8. The first-order valence-electron chi connectivity index (χ1n) is 9.36. The lowest BCUT2D eigenvalue weighted by Crippen LogP contribution is -2.60. The predicted octanol–water partition coefficient (Wildman–Crippen LogP) is 4.58. The number of carbonyl (C=O) groups excluding carboxylic acids is 2. The van der Waals surface area contributed by atoms with E-state index >= 15 is 0 Å². The monoisotopic (exact) mass is 448 g/mol. The Morgan fingerprint density at radius 3 is 2.60 bits per heavy atom. The average molecular weight is 449 g/mol. The Bertz CT molecular complexity index is 1170. The van der Waals surface area contributed by atoms with Crippen molar-refractivity contribution in [2.75, 3.05) is 13.2 Å². The zero-order valence-corrected chi connectivity index (χ0v) is 17.9. The van der Waals surface area contributed by atoms with Gasteiger partial charge in [0.1, 0.15) is 23.3 Å². The molecule has 30 heavy (non-hydrogen) atoms. The number of aryl methyl sites for hydroxylation is 1. The van der Waals surface area contributed by atoms with Crippen LogP contribution < -0.4 is 5.32 Å². The zero-order valence-electron chi connectivity index (χ0n) is 16.3. The summed E-state index contributed by atoms with van der Waals surface area (Å²) >= 11 is 12.4. The van der Waals surface area contributed by atoms with E-state index < -0.39 is 17.3 Å². The van der Waals surface area contributed by atoms with Crippen LogP contribution in [0.5, 0.6) is 0 Å². The first-order valence-corrected chi connectivity index (χ1v) is 10.1. The lowest BCUT2D eigenvalue weighted by molar-refractivity contribution is -0.108. The number of amides is 1. The van der Waals surface area contributed by atoms with E-state index in [0.29, 0.717) is 32.3 Å². The largest absolute Gasteiger partial charge is 0.376 e. The Kier molecular flexibility index (Phi) is 5.34. The van der Waals surface area contributed by atoms with Gasteiger partial charge in [-0.2, -0.15) is 0 Å². The van der Waals surface area contributed by atoms with Gasteiger partial charge in [-0.1, -0.05) is 42.3 Å². The van der Waals surface area contributed by atoms with E-state index in [2.05, 4.69) is 5.32 Å². The van der Waals surface area contributed by atoms with Crippen LogP contribution in [0, 0.1) is 5.82 Å². The number of aldehydes is 1. The van der Waals surface area contributed by atoms with Crippen LogP contribution in [0.25, 0.3) is 10.9 Å². The minimum atomic E-state index is -0.984. The molecule has 1 unspecified atom stereocenters. The lowest BCUT2D eigenvalue weighted by atomic mass is 9.85. The standard InChI is InChI=1S/C22H19Cl2FN2O3/c1-12(9-28)13-3-4-15(17(25)7-13)22(10-30-11-22)26-21(29)19-8-14-18(27(19)2)6-5-16(23)20(14)24/h3-9,12H,10-11H2,1-2H3,(H,26,29). The summed E-state index contributed by atoms with van der Waals surface area (Å²) in [5, 5.41) is 4.36. The van der Waals surface area contributed by atoms with Gasteiger partial charge in [0, 0.05) is 29.4 Å². The van der Waals surface area contributed by atoms with Gasteiger partial charge in [0.05, 0.1) is 23.3 Å². The van der Waals surface area contributed by atoms with Gasteiger partial charge < -0.3 is 19.4 Å². The smallest absolute Gasteiger partial charge is 0.268 e. The second-order valence-corrected chi connectivity index (χ2v) is 8.36. The van der Waals surface area contributed by atoms with Crippen molar-refractivity contribution in [3.8, 4) is 0 Å². The Labute approximate surface area is 182 Å². The fraction of sp³-hybridized carbons (Fsp3) is 0.273. The third-order valence-corrected chi connectivity index (χ3v) is 6.45. The molecule has 1 amide bonds. The number of aromatic nitrogens is 1. The molecular formula is C22H19Cl2FN2O3.